The van der Waals surface area contributed by atoms with E-state index in [0.717, 1.165) is 0 Å². The second-order valence-corrected chi connectivity index (χ2v) is 3.53. The number of benzene rings is 1. The summed E-state index contributed by atoms with van der Waals surface area (Å²) in [5.74, 6) is -0.753. The number of nitrogens with zero attached hydrogens (tertiary/aromatic N) is 1. The highest BCUT2D eigenvalue weighted by molar-refractivity contribution is 5.93. The van der Waals surface area contributed by atoms with E-state index in [2.05, 4.69) is 9.72 Å². The van der Waals surface area contributed by atoms with Crippen LogP contribution >= 0.6 is 0 Å². The molecule has 18 heavy (non-hydrogen) atoms. The normalized spacial score (nSPS) is 10.3. The molecule has 0 fully saturated rings. The van der Waals surface area contributed by atoms with E-state index in [1.54, 1.807) is 0 Å². The molecule has 0 spiro atoms. The second kappa shape index (κ2) is 4.28. The number of ether oxygens (including phenoxy) is 1. The Morgan fingerprint density at radius 3 is 2.72 bits per heavy atom. The monoisotopic (exact) mass is 248 g/mol. The molecule has 1 N–H and O–H groups in total. The van der Waals surface area contributed by atoms with Crippen molar-refractivity contribution in [1.82, 2.24) is 4.98 Å². The lowest BCUT2D eigenvalue weighted by Crippen LogP contribution is -2.18. The van der Waals surface area contributed by atoms with Crippen molar-refractivity contribution < 1.29 is 14.5 Å². The molecule has 0 unspecified atom stereocenters. The Hall–Kier alpha value is -2.70. The molecule has 7 nitrogen and oxygen atoms in total. The molecule has 1 aromatic carbocycles. The summed E-state index contributed by atoms with van der Waals surface area (Å²) in [5.41, 5.74) is -0.625. The topological polar surface area (TPSA) is 102 Å². The van der Waals surface area contributed by atoms with Gasteiger partial charge < -0.3 is 9.72 Å². The number of carbonyl (C=O) groups is 1. The predicted molar refractivity (Wildman–Crippen MR) is 62.6 cm³/mol. The minimum absolute atomic E-state index is 0.135. The third-order valence-corrected chi connectivity index (χ3v) is 2.45. The van der Waals surface area contributed by atoms with Crippen LogP contribution in [-0.4, -0.2) is 23.0 Å². The van der Waals surface area contributed by atoms with Gasteiger partial charge in [-0.15, -0.1) is 0 Å². The number of nitrogens with one attached hydrogen (secondary N) is 1. The third kappa shape index (κ3) is 1.93. The van der Waals surface area contributed by atoms with Crippen molar-refractivity contribution in [3.8, 4) is 0 Å². The third-order valence-electron chi connectivity index (χ3n) is 2.45. The lowest BCUT2D eigenvalue weighted by Gasteiger charge is -2.01. The average molecular weight is 248 g/mol. The fourth-order valence-electron chi connectivity index (χ4n) is 1.56. The lowest BCUT2D eigenvalue weighted by atomic mass is 10.1. The number of fused-ring (bicyclic) bond motifs is 1. The Bertz CT molecular complexity index is 704. The fourth-order valence-corrected chi connectivity index (χ4v) is 1.56. The maximum Gasteiger partial charge on any atom is 0.343 e. The molecule has 92 valence electrons. The molecule has 0 atom stereocenters. The van der Waals surface area contributed by atoms with Crippen molar-refractivity contribution in [3.63, 3.8) is 0 Å². The average Bonchev–Trinajstić information content (AvgIpc) is 2.36. The number of methoxy groups -OCH3 is 1. The summed E-state index contributed by atoms with van der Waals surface area (Å²) in [5, 5.41) is 11.1. The van der Waals surface area contributed by atoms with Crippen LogP contribution in [0.4, 0.5) is 5.69 Å². The van der Waals surface area contributed by atoms with Crippen molar-refractivity contribution in [2.75, 3.05) is 7.11 Å². The second-order valence-electron chi connectivity index (χ2n) is 3.53. The number of H-pyrrole nitrogens is 1. The molecule has 0 amide bonds. The molecule has 0 aliphatic rings. The molecule has 2 rings (SSSR count). The van der Waals surface area contributed by atoms with E-state index >= 15 is 0 Å². The van der Waals surface area contributed by atoms with E-state index in [-0.39, 0.29) is 11.3 Å². The fraction of sp³-hybridized carbons (Fsp3) is 0.0909. The zero-order valence-electron chi connectivity index (χ0n) is 9.30. The van der Waals surface area contributed by atoms with Crippen LogP contribution in [0.5, 0.6) is 0 Å². The summed E-state index contributed by atoms with van der Waals surface area (Å²) in [4.78, 5) is 35.3. The first-order valence-electron chi connectivity index (χ1n) is 4.92. The van der Waals surface area contributed by atoms with E-state index in [1.807, 2.05) is 0 Å². The lowest BCUT2D eigenvalue weighted by molar-refractivity contribution is -0.384. The zero-order valence-corrected chi connectivity index (χ0v) is 9.30. The van der Waals surface area contributed by atoms with Gasteiger partial charge in [-0.3, -0.25) is 14.9 Å². The van der Waals surface area contributed by atoms with Crippen molar-refractivity contribution >= 4 is 22.6 Å². The first kappa shape index (κ1) is 11.8. The predicted octanol–water partition coefficient (Wildman–Crippen LogP) is 1.22. The standard InChI is InChI=1S/C11H8N2O5/c1-18-11(15)8-4-6-2-3-7(13(16)17)5-9(6)12-10(8)14/h2-5H,1H3,(H,12,14). The summed E-state index contributed by atoms with van der Waals surface area (Å²) in [6.45, 7) is 0. The van der Waals surface area contributed by atoms with Gasteiger partial charge in [0.2, 0.25) is 0 Å². The minimum Gasteiger partial charge on any atom is -0.465 e. The van der Waals surface area contributed by atoms with Gasteiger partial charge in [0.25, 0.3) is 11.2 Å². The first-order valence-corrected chi connectivity index (χ1v) is 4.92. The number of esters is 1. The van der Waals surface area contributed by atoms with Crippen molar-refractivity contribution in [3.05, 3.63) is 50.3 Å². The van der Waals surface area contributed by atoms with Gasteiger partial charge in [-0.1, -0.05) is 0 Å². The van der Waals surface area contributed by atoms with E-state index in [9.17, 15) is 19.7 Å². The molecule has 0 bridgehead atoms. The van der Waals surface area contributed by atoms with Gasteiger partial charge in [0.05, 0.1) is 17.5 Å². The molecular weight excluding hydrogens is 240 g/mol. The van der Waals surface area contributed by atoms with Gasteiger partial charge in [0.1, 0.15) is 5.56 Å². The zero-order chi connectivity index (χ0) is 13.3. The van der Waals surface area contributed by atoms with E-state index in [1.165, 1.54) is 31.4 Å². The molecular formula is C11H8N2O5. The van der Waals surface area contributed by atoms with Crippen LogP contribution in [0.15, 0.2) is 29.1 Å². The Kier molecular flexibility index (Phi) is 2.80. The van der Waals surface area contributed by atoms with Gasteiger partial charge >= 0.3 is 5.97 Å². The number of hydrogen-bond acceptors (Lipinski definition) is 5. The maximum atomic E-state index is 11.6. The quantitative estimate of drug-likeness (QED) is 0.489. The highest BCUT2D eigenvalue weighted by Gasteiger charge is 2.13. The van der Waals surface area contributed by atoms with Gasteiger partial charge in [-0.25, -0.2) is 4.79 Å². The largest absolute Gasteiger partial charge is 0.465 e. The van der Waals surface area contributed by atoms with Crippen molar-refractivity contribution in [2.45, 2.75) is 0 Å². The van der Waals surface area contributed by atoms with Crippen LogP contribution in [0, 0.1) is 10.1 Å². The molecule has 1 heterocycles. The van der Waals surface area contributed by atoms with Gasteiger partial charge in [-0.2, -0.15) is 0 Å². The Balaban J connectivity index is 2.68. The number of carbonyl (C=O) groups excluding carboxylic acids is 1. The summed E-state index contributed by atoms with van der Waals surface area (Å²) >= 11 is 0. The number of rotatable bonds is 2. The number of aromatic amines is 1. The van der Waals surface area contributed by atoms with Crippen LogP contribution in [-0.2, 0) is 4.74 Å². The summed E-state index contributed by atoms with van der Waals surface area (Å²) in [6.07, 6.45) is 0. The van der Waals surface area contributed by atoms with E-state index in [4.69, 9.17) is 0 Å². The SMILES string of the molecule is COC(=O)c1cc2ccc([N+](=O)[O-])cc2[nH]c1=O. The smallest absolute Gasteiger partial charge is 0.343 e. The Morgan fingerprint density at radius 2 is 2.11 bits per heavy atom. The number of nitro benzene ring substituents is 1. The van der Waals surface area contributed by atoms with E-state index in [0.29, 0.717) is 10.9 Å². The van der Waals surface area contributed by atoms with Crippen LogP contribution in [0.1, 0.15) is 10.4 Å². The molecule has 1 aromatic heterocycles. The van der Waals surface area contributed by atoms with Gasteiger partial charge in [-0.05, 0) is 17.5 Å². The molecule has 0 radical (unpaired) electrons. The number of pyridine rings is 1. The molecule has 0 saturated carbocycles. The number of hydrogen-bond donors (Lipinski definition) is 1. The van der Waals surface area contributed by atoms with Crippen LogP contribution in [0.2, 0.25) is 0 Å². The number of nitro groups is 1. The number of non-ortho nitro benzene ring substituents is 1. The highest BCUT2D eigenvalue weighted by atomic mass is 16.6. The summed E-state index contributed by atoms with van der Waals surface area (Å²) in [7, 11) is 1.17. The van der Waals surface area contributed by atoms with Crippen molar-refractivity contribution in [2.24, 2.45) is 0 Å². The maximum absolute atomic E-state index is 11.6. The van der Waals surface area contributed by atoms with Crippen LogP contribution < -0.4 is 5.56 Å². The summed E-state index contributed by atoms with van der Waals surface area (Å²) < 4.78 is 4.46. The van der Waals surface area contributed by atoms with Gasteiger partial charge in [0, 0.05) is 12.1 Å². The highest BCUT2D eigenvalue weighted by Crippen LogP contribution is 2.18. The Morgan fingerprint density at radius 1 is 1.39 bits per heavy atom. The molecule has 0 aliphatic heterocycles. The Labute approximate surface area is 100 Å². The molecule has 0 saturated heterocycles. The van der Waals surface area contributed by atoms with E-state index < -0.39 is 16.5 Å². The van der Waals surface area contributed by atoms with Crippen LogP contribution in [0.25, 0.3) is 10.9 Å². The van der Waals surface area contributed by atoms with Crippen LogP contribution in [0.3, 0.4) is 0 Å². The molecule has 7 heteroatoms. The minimum atomic E-state index is -0.753. The number of aromatic nitrogens is 1. The molecule has 2 aromatic rings. The molecule has 0 aliphatic carbocycles. The van der Waals surface area contributed by atoms with Crippen molar-refractivity contribution in [1.29, 1.82) is 0 Å². The van der Waals surface area contributed by atoms with Gasteiger partial charge in [0.15, 0.2) is 0 Å². The summed E-state index contributed by atoms with van der Waals surface area (Å²) in [6, 6.07) is 5.32. The first-order chi connectivity index (χ1) is 8.52.